The molecule has 2 aromatic rings. The minimum absolute atomic E-state index is 0.0883. The van der Waals surface area contributed by atoms with E-state index in [-0.39, 0.29) is 5.02 Å². The SMILES string of the molecule is Cc1ccc(C(O)Cc2ccc(F)c(Cl)c2)c(C)c1. The van der Waals surface area contributed by atoms with Gasteiger partial charge in [-0.3, -0.25) is 0 Å². The molecule has 1 unspecified atom stereocenters. The van der Waals surface area contributed by atoms with Crippen molar-refractivity contribution in [1.29, 1.82) is 0 Å². The molecule has 1 atom stereocenters. The lowest BCUT2D eigenvalue weighted by atomic mass is 9.96. The number of benzene rings is 2. The molecule has 1 nitrogen and oxygen atoms in total. The first-order valence-corrected chi connectivity index (χ1v) is 6.54. The molecule has 0 aromatic heterocycles. The van der Waals surface area contributed by atoms with Crippen molar-refractivity contribution in [1.82, 2.24) is 0 Å². The fraction of sp³-hybridized carbons (Fsp3) is 0.250. The summed E-state index contributed by atoms with van der Waals surface area (Å²) < 4.78 is 13.1. The predicted molar refractivity (Wildman–Crippen MR) is 76.0 cm³/mol. The molecule has 2 aromatic carbocycles. The minimum atomic E-state index is -0.609. The number of aliphatic hydroxyl groups excluding tert-OH is 1. The summed E-state index contributed by atoms with van der Waals surface area (Å²) in [6, 6.07) is 10.5. The Bertz CT molecular complexity index is 595. The zero-order valence-electron chi connectivity index (χ0n) is 11.0. The predicted octanol–water partition coefficient (Wildman–Crippen LogP) is 4.37. The lowest BCUT2D eigenvalue weighted by Crippen LogP contribution is -2.04. The van der Waals surface area contributed by atoms with Crippen LogP contribution in [-0.2, 0) is 6.42 Å². The van der Waals surface area contributed by atoms with Crippen LogP contribution in [0.5, 0.6) is 0 Å². The van der Waals surface area contributed by atoms with Crippen LogP contribution in [0.4, 0.5) is 4.39 Å². The highest BCUT2D eigenvalue weighted by molar-refractivity contribution is 6.30. The molecule has 100 valence electrons. The van der Waals surface area contributed by atoms with Crippen molar-refractivity contribution < 1.29 is 9.50 Å². The Morgan fingerprint density at radius 2 is 1.89 bits per heavy atom. The first-order chi connectivity index (χ1) is 8.97. The van der Waals surface area contributed by atoms with Gasteiger partial charge in [0.05, 0.1) is 11.1 Å². The molecule has 1 N–H and O–H groups in total. The van der Waals surface area contributed by atoms with Crippen LogP contribution >= 0.6 is 11.6 Å². The van der Waals surface area contributed by atoms with Crippen molar-refractivity contribution in [2.75, 3.05) is 0 Å². The Balaban J connectivity index is 2.20. The molecule has 19 heavy (non-hydrogen) atoms. The summed E-state index contributed by atoms with van der Waals surface area (Å²) in [6.45, 7) is 3.99. The highest BCUT2D eigenvalue weighted by Crippen LogP contribution is 2.24. The highest BCUT2D eigenvalue weighted by atomic mass is 35.5. The molecule has 0 saturated heterocycles. The van der Waals surface area contributed by atoms with E-state index in [9.17, 15) is 9.50 Å². The van der Waals surface area contributed by atoms with Crippen LogP contribution in [0.2, 0.25) is 5.02 Å². The quantitative estimate of drug-likeness (QED) is 0.884. The van der Waals surface area contributed by atoms with Gasteiger partial charge in [0.15, 0.2) is 0 Å². The van der Waals surface area contributed by atoms with Gasteiger partial charge in [-0.2, -0.15) is 0 Å². The molecule has 0 aliphatic rings. The van der Waals surface area contributed by atoms with Crippen LogP contribution in [0.1, 0.15) is 28.4 Å². The van der Waals surface area contributed by atoms with Crippen molar-refractivity contribution >= 4 is 11.6 Å². The second-order valence-corrected chi connectivity index (χ2v) is 5.24. The minimum Gasteiger partial charge on any atom is -0.388 e. The fourth-order valence-electron chi connectivity index (χ4n) is 2.20. The van der Waals surface area contributed by atoms with Crippen molar-refractivity contribution in [2.45, 2.75) is 26.4 Å². The highest BCUT2D eigenvalue weighted by Gasteiger charge is 2.12. The van der Waals surface area contributed by atoms with Gasteiger partial charge in [-0.05, 0) is 42.7 Å². The van der Waals surface area contributed by atoms with E-state index in [1.165, 1.54) is 11.6 Å². The second kappa shape index (κ2) is 5.72. The van der Waals surface area contributed by atoms with E-state index in [4.69, 9.17) is 11.6 Å². The van der Waals surface area contributed by atoms with Gasteiger partial charge < -0.3 is 5.11 Å². The molecule has 0 saturated carbocycles. The summed E-state index contributed by atoms with van der Waals surface area (Å²) in [6.07, 6.45) is -0.189. The Morgan fingerprint density at radius 1 is 1.16 bits per heavy atom. The molecular weight excluding hydrogens is 263 g/mol. The van der Waals surface area contributed by atoms with Crippen LogP contribution < -0.4 is 0 Å². The van der Waals surface area contributed by atoms with Crippen LogP contribution in [0.3, 0.4) is 0 Å². The van der Waals surface area contributed by atoms with Crippen molar-refractivity contribution in [3.05, 3.63) is 69.5 Å². The van der Waals surface area contributed by atoms with Gasteiger partial charge in [0.25, 0.3) is 0 Å². The molecular formula is C16H16ClFO. The molecule has 0 aliphatic heterocycles. The summed E-state index contributed by atoms with van der Waals surface area (Å²) in [5.74, 6) is -0.438. The maximum atomic E-state index is 13.1. The molecule has 0 amide bonds. The van der Waals surface area contributed by atoms with E-state index in [2.05, 4.69) is 0 Å². The van der Waals surface area contributed by atoms with Gasteiger partial charge in [-0.25, -0.2) is 4.39 Å². The van der Waals surface area contributed by atoms with Gasteiger partial charge in [0.1, 0.15) is 5.82 Å². The molecule has 3 heteroatoms. The second-order valence-electron chi connectivity index (χ2n) is 4.83. The van der Waals surface area contributed by atoms with Crippen LogP contribution in [0.15, 0.2) is 36.4 Å². The van der Waals surface area contributed by atoms with Gasteiger partial charge >= 0.3 is 0 Å². The molecule has 0 heterocycles. The summed E-state index contributed by atoms with van der Waals surface area (Å²) in [4.78, 5) is 0. The van der Waals surface area contributed by atoms with Crippen LogP contribution in [0, 0.1) is 19.7 Å². The Kier molecular flexibility index (Phi) is 4.23. The molecule has 2 rings (SSSR count). The molecule has 0 bridgehead atoms. The smallest absolute Gasteiger partial charge is 0.141 e. The van der Waals surface area contributed by atoms with Crippen LogP contribution in [-0.4, -0.2) is 5.11 Å². The molecule has 0 spiro atoms. The standard InChI is InChI=1S/C16H16ClFO/c1-10-3-5-13(11(2)7-10)16(19)9-12-4-6-15(18)14(17)8-12/h3-8,16,19H,9H2,1-2H3. The maximum Gasteiger partial charge on any atom is 0.141 e. The largest absolute Gasteiger partial charge is 0.388 e. The molecule has 0 aliphatic carbocycles. The molecule has 0 fully saturated rings. The average molecular weight is 279 g/mol. The number of aryl methyl sites for hydroxylation is 2. The normalized spacial score (nSPS) is 12.5. The summed E-state index contributed by atoms with van der Waals surface area (Å²) in [7, 11) is 0. The topological polar surface area (TPSA) is 20.2 Å². The number of hydrogen-bond acceptors (Lipinski definition) is 1. The van der Waals surface area contributed by atoms with Crippen molar-refractivity contribution in [3.63, 3.8) is 0 Å². The lowest BCUT2D eigenvalue weighted by Gasteiger charge is -2.14. The monoisotopic (exact) mass is 278 g/mol. The van der Waals surface area contributed by atoms with Crippen molar-refractivity contribution in [3.8, 4) is 0 Å². The first-order valence-electron chi connectivity index (χ1n) is 6.16. The number of halogens is 2. The zero-order valence-corrected chi connectivity index (χ0v) is 11.7. The summed E-state index contributed by atoms with van der Waals surface area (Å²) in [5.41, 5.74) is 3.93. The Morgan fingerprint density at radius 3 is 2.53 bits per heavy atom. The van der Waals surface area contributed by atoms with E-state index >= 15 is 0 Å². The molecule has 0 radical (unpaired) electrons. The number of hydrogen-bond donors (Lipinski definition) is 1. The fourth-order valence-corrected chi connectivity index (χ4v) is 2.40. The average Bonchev–Trinajstić information content (AvgIpc) is 2.33. The summed E-state index contributed by atoms with van der Waals surface area (Å²) >= 11 is 5.74. The number of rotatable bonds is 3. The van der Waals surface area contributed by atoms with Gasteiger partial charge in [0.2, 0.25) is 0 Å². The van der Waals surface area contributed by atoms with Gasteiger partial charge in [0, 0.05) is 6.42 Å². The maximum absolute atomic E-state index is 13.1. The van der Waals surface area contributed by atoms with E-state index in [0.29, 0.717) is 6.42 Å². The third-order valence-electron chi connectivity index (χ3n) is 3.20. The Hall–Kier alpha value is -1.38. The van der Waals surface area contributed by atoms with Crippen molar-refractivity contribution in [2.24, 2.45) is 0 Å². The summed E-state index contributed by atoms with van der Waals surface area (Å²) in [5, 5.41) is 10.4. The van der Waals surface area contributed by atoms with Gasteiger partial charge in [-0.1, -0.05) is 41.4 Å². The van der Waals surface area contributed by atoms with E-state index < -0.39 is 11.9 Å². The number of aliphatic hydroxyl groups is 1. The van der Waals surface area contributed by atoms with E-state index in [1.54, 1.807) is 12.1 Å². The van der Waals surface area contributed by atoms with Gasteiger partial charge in [-0.15, -0.1) is 0 Å². The zero-order chi connectivity index (χ0) is 14.0. The third-order valence-corrected chi connectivity index (χ3v) is 3.49. The van der Waals surface area contributed by atoms with E-state index in [0.717, 1.165) is 16.7 Å². The Labute approximate surface area is 117 Å². The lowest BCUT2D eigenvalue weighted by molar-refractivity contribution is 0.177. The third kappa shape index (κ3) is 3.34. The first kappa shape index (κ1) is 14.0. The van der Waals surface area contributed by atoms with E-state index in [1.807, 2.05) is 32.0 Å². The van der Waals surface area contributed by atoms with Crippen LogP contribution in [0.25, 0.3) is 0 Å².